The summed E-state index contributed by atoms with van der Waals surface area (Å²) in [6.45, 7) is 11.1. The highest BCUT2D eigenvalue weighted by molar-refractivity contribution is 9.10. The predicted molar refractivity (Wildman–Crippen MR) is 177 cm³/mol. The number of fused-ring (bicyclic) bond motifs is 1. The number of rotatable bonds is 7. The fourth-order valence-corrected chi connectivity index (χ4v) is 7.13. The van der Waals surface area contributed by atoms with Crippen molar-refractivity contribution in [3.63, 3.8) is 0 Å². The van der Waals surface area contributed by atoms with Crippen LogP contribution in [0.1, 0.15) is 65.2 Å². The van der Waals surface area contributed by atoms with Crippen molar-refractivity contribution in [1.29, 1.82) is 0 Å². The molecule has 0 spiro atoms. The van der Waals surface area contributed by atoms with E-state index < -0.39 is 18.0 Å². The molecule has 0 saturated carbocycles. The number of aromatic nitrogens is 2. The molecule has 5 rings (SSSR count). The second-order valence-electron chi connectivity index (χ2n) is 11.0. The average Bonchev–Trinajstić information content (AvgIpc) is 3.44. The molecule has 0 unspecified atom stereocenters. The molecule has 234 valence electrons. The molecule has 11 heteroatoms. The summed E-state index contributed by atoms with van der Waals surface area (Å²) in [5, 5.41) is 0. The van der Waals surface area contributed by atoms with Gasteiger partial charge in [-0.3, -0.25) is 9.36 Å². The van der Waals surface area contributed by atoms with Gasteiger partial charge in [-0.25, -0.2) is 14.6 Å². The van der Waals surface area contributed by atoms with Crippen molar-refractivity contribution in [3.8, 4) is 11.4 Å². The Hall–Kier alpha value is -4.22. The first-order valence-electron chi connectivity index (χ1n) is 14.3. The summed E-state index contributed by atoms with van der Waals surface area (Å²) in [6, 6.07) is 12.2. The molecule has 0 bridgehead atoms. The topological polar surface area (TPSA) is 101 Å². The number of nitrogens with zero attached hydrogens (tertiary/aromatic N) is 3. The molecule has 0 aliphatic carbocycles. The van der Waals surface area contributed by atoms with Crippen LogP contribution in [0.15, 0.2) is 68.0 Å². The van der Waals surface area contributed by atoms with Gasteiger partial charge >= 0.3 is 11.9 Å². The zero-order chi connectivity index (χ0) is 32.7. The van der Waals surface area contributed by atoms with Gasteiger partial charge in [-0.15, -0.1) is 0 Å². The summed E-state index contributed by atoms with van der Waals surface area (Å²) in [5.74, 6) is -0.419. The maximum atomic E-state index is 14.3. The minimum absolute atomic E-state index is 0.276. The van der Waals surface area contributed by atoms with Crippen LogP contribution in [0.25, 0.3) is 11.8 Å². The first-order valence-corrected chi connectivity index (χ1v) is 15.9. The minimum atomic E-state index is -0.821. The summed E-state index contributed by atoms with van der Waals surface area (Å²) in [6.07, 6.45) is 1.49. The normalized spacial score (nSPS) is 14.8. The van der Waals surface area contributed by atoms with Crippen molar-refractivity contribution in [2.45, 2.75) is 53.7 Å². The van der Waals surface area contributed by atoms with E-state index in [2.05, 4.69) is 20.5 Å². The maximum absolute atomic E-state index is 14.3. The molecule has 45 heavy (non-hydrogen) atoms. The molecular formula is C34H34BrN3O6S. The predicted octanol–water partition coefficient (Wildman–Crippen LogP) is 5.46. The Bertz CT molecular complexity index is 2070. The van der Waals surface area contributed by atoms with Gasteiger partial charge in [0, 0.05) is 27.1 Å². The van der Waals surface area contributed by atoms with Crippen molar-refractivity contribution in [1.82, 2.24) is 9.13 Å². The van der Waals surface area contributed by atoms with Gasteiger partial charge in [-0.2, -0.15) is 0 Å². The van der Waals surface area contributed by atoms with E-state index in [0.29, 0.717) is 31.9 Å². The van der Waals surface area contributed by atoms with Crippen molar-refractivity contribution in [2.24, 2.45) is 4.99 Å². The molecule has 2 aromatic carbocycles. The van der Waals surface area contributed by atoms with Crippen molar-refractivity contribution in [2.75, 3.05) is 14.2 Å². The van der Waals surface area contributed by atoms with Gasteiger partial charge in [0.15, 0.2) is 4.80 Å². The summed E-state index contributed by atoms with van der Waals surface area (Å²) in [5.41, 5.74) is 5.88. The summed E-state index contributed by atoms with van der Waals surface area (Å²) in [4.78, 5) is 45.3. The van der Waals surface area contributed by atoms with Gasteiger partial charge in [0.05, 0.1) is 41.7 Å². The van der Waals surface area contributed by atoms with Gasteiger partial charge in [0.2, 0.25) is 0 Å². The zero-order valence-electron chi connectivity index (χ0n) is 26.4. The average molecular weight is 693 g/mol. The number of hydrogen-bond acceptors (Lipinski definition) is 8. The molecule has 9 nitrogen and oxygen atoms in total. The third kappa shape index (κ3) is 5.82. The number of esters is 2. The van der Waals surface area contributed by atoms with Crippen molar-refractivity contribution >= 4 is 45.3 Å². The van der Waals surface area contributed by atoms with E-state index >= 15 is 0 Å². The molecule has 1 aliphatic heterocycles. The van der Waals surface area contributed by atoms with E-state index in [1.807, 2.05) is 57.2 Å². The van der Waals surface area contributed by atoms with Crippen LogP contribution in [0.4, 0.5) is 0 Å². The lowest BCUT2D eigenvalue weighted by molar-refractivity contribution is -0.143. The number of carbonyl (C=O) groups excluding carboxylic acids is 2. The number of ether oxygens (including phenoxy) is 3. The van der Waals surface area contributed by atoms with Crippen LogP contribution in [-0.2, 0) is 14.3 Å². The Labute approximate surface area is 273 Å². The largest absolute Gasteiger partial charge is 0.496 e. The number of allylic oxidation sites excluding steroid dienone is 1. The van der Waals surface area contributed by atoms with Crippen LogP contribution in [0.5, 0.6) is 5.75 Å². The van der Waals surface area contributed by atoms with E-state index in [4.69, 9.17) is 19.2 Å². The molecule has 0 fully saturated rings. The smallest absolute Gasteiger partial charge is 0.338 e. The molecule has 0 radical (unpaired) electrons. The van der Waals surface area contributed by atoms with E-state index in [0.717, 1.165) is 32.7 Å². The highest BCUT2D eigenvalue weighted by Gasteiger charge is 2.35. The first-order chi connectivity index (χ1) is 21.4. The summed E-state index contributed by atoms with van der Waals surface area (Å²) < 4.78 is 21.1. The molecule has 2 aromatic heterocycles. The maximum Gasteiger partial charge on any atom is 0.338 e. The number of halogens is 1. The molecule has 1 aliphatic rings. The van der Waals surface area contributed by atoms with E-state index in [9.17, 15) is 14.4 Å². The van der Waals surface area contributed by atoms with Gasteiger partial charge < -0.3 is 18.8 Å². The Morgan fingerprint density at radius 1 is 1.04 bits per heavy atom. The third-order valence-corrected chi connectivity index (χ3v) is 9.26. The second kappa shape index (κ2) is 12.6. The molecule has 0 N–H and O–H groups in total. The van der Waals surface area contributed by atoms with Gasteiger partial charge in [-0.1, -0.05) is 33.3 Å². The SMILES string of the molecule is COC(=O)c1cccc(-n2c(C)cc(/C=c3\sc4n(c3=O)[C@H](c3cc(Br)ccc3OC)C(C(=O)OC(C)C)=C(C)N=4)c2C)c1C. The van der Waals surface area contributed by atoms with Crippen LogP contribution < -0.4 is 19.6 Å². The number of carbonyl (C=O) groups is 2. The van der Waals surface area contributed by atoms with E-state index in [1.54, 1.807) is 44.6 Å². The first kappa shape index (κ1) is 32.2. The standard InChI is InChI=1S/C34H34BrN3O6S/c1-17(2)44-33(41)29-20(5)36-34-38(30(29)25-16-23(35)12-13-27(25)42-7)31(39)28(45-34)15-22-14-18(3)37(21(22)6)26-11-9-10-24(19(26)4)32(40)43-8/h9-17,30H,1-8H3/b28-15-/t30-/m1/s1. The van der Waals surface area contributed by atoms with Crippen molar-refractivity contribution < 1.29 is 23.8 Å². The third-order valence-electron chi connectivity index (χ3n) is 7.78. The Kier molecular flexibility index (Phi) is 9.04. The lowest BCUT2D eigenvalue weighted by Crippen LogP contribution is -2.40. The number of methoxy groups -OCH3 is 2. The highest BCUT2D eigenvalue weighted by Crippen LogP contribution is 2.37. The second-order valence-corrected chi connectivity index (χ2v) is 13.0. The Morgan fingerprint density at radius 2 is 1.78 bits per heavy atom. The summed E-state index contributed by atoms with van der Waals surface area (Å²) in [7, 11) is 2.92. The Morgan fingerprint density at radius 3 is 2.44 bits per heavy atom. The van der Waals surface area contributed by atoms with Gasteiger partial charge in [0.25, 0.3) is 5.56 Å². The summed E-state index contributed by atoms with van der Waals surface area (Å²) >= 11 is 4.80. The number of hydrogen-bond donors (Lipinski definition) is 0. The van der Waals surface area contributed by atoms with Gasteiger partial charge in [0.1, 0.15) is 11.8 Å². The molecule has 3 heterocycles. The highest BCUT2D eigenvalue weighted by atomic mass is 79.9. The molecule has 4 aromatic rings. The van der Waals surface area contributed by atoms with E-state index in [-0.39, 0.29) is 17.2 Å². The molecule has 0 saturated heterocycles. The number of thiazole rings is 1. The van der Waals surface area contributed by atoms with Gasteiger partial charge in [-0.05, 0) is 95.1 Å². The number of aryl methyl sites for hydroxylation is 1. The number of benzene rings is 2. The molecule has 1 atom stereocenters. The van der Waals surface area contributed by atoms with Crippen LogP contribution in [0.2, 0.25) is 0 Å². The van der Waals surface area contributed by atoms with Crippen LogP contribution in [0.3, 0.4) is 0 Å². The lowest BCUT2D eigenvalue weighted by atomic mass is 9.95. The van der Waals surface area contributed by atoms with Crippen LogP contribution >= 0.6 is 27.3 Å². The zero-order valence-corrected chi connectivity index (χ0v) is 28.8. The lowest BCUT2D eigenvalue weighted by Gasteiger charge is -2.26. The van der Waals surface area contributed by atoms with Crippen LogP contribution in [0, 0.1) is 20.8 Å². The Balaban J connectivity index is 1.72. The fourth-order valence-electron chi connectivity index (χ4n) is 5.72. The van der Waals surface area contributed by atoms with Crippen molar-refractivity contribution in [3.05, 3.63) is 112 Å². The quantitative estimate of drug-likeness (QED) is 0.239. The monoisotopic (exact) mass is 691 g/mol. The minimum Gasteiger partial charge on any atom is -0.496 e. The van der Waals surface area contributed by atoms with E-state index in [1.165, 1.54) is 18.4 Å². The molecular weight excluding hydrogens is 658 g/mol. The fraction of sp³-hybridized carbons (Fsp3) is 0.294. The molecule has 0 amide bonds. The van der Waals surface area contributed by atoms with Crippen LogP contribution in [-0.4, -0.2) is 41.4 Å².